The molecule has 0 spiro atoms. The van der Waals surface area contributed by atoms with Crippen LogP contribution in [0.2, 0.25) is 5.02 Å². The third kappa shape index (κ3) is 3.41. The average Bonchev–Trinajstić information content (AvgIpc) is 2.41. The molecule has 2 N–H and O–H groups in total. The van der Waals surface area contributed by atoms with E-state index in [2.05, 4.69) is 16.3 Å². The lowest BCUT2D eigenvalue weighted by Crippen LogP contribution is -2.37. The fraction of sp³-hybridized carbons (Fsp3) is 0.600. The van der Waals surface area contributed by atoms with Gasteiger partial charge in [0.25, 0.3) is 0 Å². The Morgan fingerprint density at radius 1 is 1.42 bits per heavy atom. The van der Waals surface area contributed by atoms with Gasteiger partial charge in [-0.25, -0.2) is 0 Å². The van der Waals surface area contributed by atoms with Crippen molar-refractivity contribution in [2.75, 3.05) is 25.0 Å². The van der Waals surface area contributed by atoms with Gasteiger partial charge in [0.2, 0.25) is 0 Å². The van der Waals surface area contributed by atoms with Crippen molar-refractivity contribution >= 4 is 17.3 Å². The number of aliphatic hydroxyl groups excluding tert-OH is 1. The Labute approximate surface area is 120 Å². The highest BCUT2D eigenvalue weighted by atomic mass is 35.5. The van der Waals surface area contributed by atoms with Crippen molar-refractivity contribution < 1.29 is 5.11 Å². The Hall–Kier alpha value is -0.770. The standard InChI is InChI=1S/C15H23ClN2O/c1-11(19)12-6-8-18(9-7-12)15-5-3-4-14(16)13(15)10-17-2/h3-5,11-12,17,19H,6-10H2,1-2H3. The Kier molecular flexibility index (Phi) is 5.08. The molecule has 2 rings (SSSR count). The molecule has 1 fully saturated rings. The lowest BCUT2D eigenvalue weighted by Gasteiger charge is -2.36. The van der Waals surface area contributed by atoms with Gasteiger partial charge in [-0.1, -0.05) is 17.7 Å². The fourth-order valence-corrected chi connectivity index (χ4v) is 3.05. The number of benzene rings is 1. The van der Waals surface area contributed by atoms with Crippen LogP contribution in [0.5, 0.6) is 0 Å². The molecule has 1 aromatic rings. The molecule has 4 heteroatoms. The van der Waals surface area contributed by atoms with E-state index in [1.165, 1.54) is 11.3 Å². The molecule has 0 radical (unpaired) electrons. The van der Waals surface area contributed by atoms with Crippen LogP contribution in [0.4, 0.5) is 5.69 Å². The predicted molar refractivity (Wildman–Crippen MR) is 80.8 cm³/mol. The van der Waals surface area contributed by atoms with Gasteiger partial charge in [0.15, 0.2) is 0 Å². The van der Waals surface area contributed by atoms with E-state index in [4.69, 9.17) is 11.6 Å². The summed E-state index contributed by atoms with van der Waals surface area (Å²) < 4.78 is 0. The number of nitrogens with one attached hydrogen (secondary N) is 1. The van der Waals surface area contributed by atoms with Gasteiger partial charge in [-0.15, -0.1) is 0 Å². The normalized spacial score (nSPS) is 18.6. The molecule has 1 aliphatic heterocycles. The maximum absolute atomic E-state index is 9.67. The van der Waals surface area contributed by atoms with Crippen molar-refractivity contribution in [3.8, 4) is 0 Å². The fourth-order valence-electron chi connectivity index (χ4n) is 2.82. The molecule has 0 aromatic heterocycles. The number of anilines is 1. The number of aliphatic hydroxyl groups is 1. The largest absolute Gasteiger partial charge is 0.393 e. The molecule has 0 bridgehead atoms. The highest BCUT2D eigenvalue weighted by Crippen LogP contribution is 2.31. The second-order valence-corrected chi connectivity index (χ2v) is 5.74. The van der Waals surface area contributed by atoms with Crippen LogP contribution < -0.4 is 10.2 Å². The topological polar surface area (TPSA) is 35.5 Å². The van der Waals surface area contributed by atoms with Crippen molar-refractivity contribution in [2.45, 2.75) is 32.4 Å². The summed E-state index contributed by atoms with van der Waals surface area (Å²) in [6.07, 6.45) is 1.89. The SMILES string of the molecule is CNCc1c(Cl)cccc1N1CCC(C(C)O)CC1. The summed E-state index contributed by atoms with van der Waals surface area (Å²) in [6.45, 7) is 4.66. The van der Waals surface area contributed by atoms with Crippen molar-refractivity contribution in [1.82, 2.24) is 5.32 Å². The van der Waals surface area contributed by atoms with Crippen molar-refractivity contribution in [3.05, 3.63) is 28.8 Å². The van der Waals surface area contributed by atoms with E-state index < -0.39 is 0 Å². The zero-order valence-corrected chi connectivity index (χ0v) is 12.5. The van der Waals surface area contributed by atoms with Crippen molar-refractivity contribution in [1.29, 1.82) is 0 Å². The van der Waals surface area contributed by atoms with E-state index in [-0.39, 0.29) is 6.10 Å². The van der Waals surface area contributed by atoms with Crippen LogP contribution >= 0.6 is 11.6 Å². The maximum Gasteiger partial charge on any atom is 0.0541 e. The first kappa shape index (κ1) is 14.6. The summed E-state index contributed by atoms with van der Waals surface area (Å²) in [5.74, 6) is 0.434. The summed E-state index contributed by atoms with van der Waals surface area (Å²) in [5.41, 5.74) is 2.40. The first-order valence-electron chi connectivity index (χ1n) is 6.98. The molecule has 0 aliphatic carbocycles. The summed E-state index contributed by atoms with van der Waals surface area (Å²) in [5, 5.41) is 13.7. The molecule has 106 valence electrons. The highest BCUT2D eigenvalue weighted by molar-refractivity contribution is 6.31. The number of halogens is 1. The van der Waals surface area contributed by atoms with Gasteiger partial charge < -0.3 is 15.3 Å². The summed E-state index contributed by atoms with van der Waals surface area (Å²) in [6, 6.07) is 6.10. The number of hydrogen-bond acceptors (Lipinski definition) is 3. The first-order valence-corrected chi connectivity index (χ1v) is 7.36. The molecule has 19 heavy (non-hydrogen) atoms. The third-order valence-corrected chi connectivity index (χ3v) is 4.36. The smallest absolute Gasteiger partial charge is 0.0541 e. The molecule has 1 aromatic carbocycles. The van der Waals surface area contributed by atoms with E-state index in [1.54, 1.807) is 0 Å². The maximum atomic E-state index is 9.67. The summed E-state index contributed by atoms with van der Waals surface area (Å²) in [7, 11) is 1.94. The van der Waals surface area contributed by atoms with Gasteiger partial charge in [-0.05, 0) is 44.9 Å². The summed E-state index contributed by atoms with van der Waals surface area (Å²) in [4.78, 5) is 2.39. The Bertz CT molecular complexity index is 415. The molecule has 1 atom stereocenters. The van der Waals surface area contributed by atoms with Crippen molar-refractivity contribution in [2.24, 2.45) is 5.92 Å². The van der Waals surface area contributed by atoms with Crippen molar-refractivity contribution in [3.63, 3.8) is 0 Å². The molecular weight excluding hydrogens is 260 g/mol. The second kappa shape index (κ2) is 6.60. The number of piperidine rings is 1. The molecule has 0 saturated carbocycles. The lowest BCUT2D eigenvalue weighted by atomic mass is 9.91. The quantitative estimate of drug-likeness (QED) is 0.891. The molecule has 1 saturated heterocycles. The monoisotopic (exact) mass is 282 g/mol. The minimum atomic E-state index is -0.196. The van der Waals surface area contributed by atoms with Crippen LogP contribution in [-0.2, 0) is 6.54 Å². The predicted octanol–water partition coefficient (Wildman–Crippen LogP) is 2.66. The molecule has 0 amide bonds. The van der Waals surface area contributed by atoms with Crippen LogP contribution in [0.25, 0.3) is 0 Å². The molecular formula is C15H23ClN2O. The number of hydrogen-bond donors (Lipinski definition) is 2. The Morgan fingerprint density at radius 3 is 2.68 bits per heavy atom. The number of rotatable bonds is 4. The van der Waals surface area contributed by atoms with E-state index in [1.807, 2.05) is 26.1 Å². The molecule has 1 unspecified atom stereocenters. The zero-order chi connectivity index (χ0) is 13.8. The highest BCUT2D eigenvalue weighted by Gasteiger charge is 2.24. The van der Waals surface area contributed by atoms with Gasteiger partial charge in [0.05, 0.1) is 6.10 Å². The first-order chi connectivity index (χ1) is 9.13. The van der Waals surface area contributed by atoms with Crippen LogP contribution in [0.1, 0.15) is 25.3 Å². The van der Waals surface area contributed by atoms with Crippen LogP contribution in [0, 0.1) is 5.92 Å². The van der Waals surface area contributed by atoms with E-state index in [0.717, 1.165) is 37.5 Å². The Morgan fingerprint density at radius 2 is 2.11 bits per heavy atom. The summed E-state index contributed by atoms with van der Waals surface area (Å²) >= 11 is 6.30. The van der Waals surface area contributed by atoms with Gasteiger partial charge in [0, 0.05) is 35.9 Å². The van der Waals surface area contributed by atoms with Gasteiger partial charge >= 0.3 is 0 Å². The van der Waals surface area contributed by atoms with Crippen LogP contribution in [0.15, 0.2) is 18.2 Å². The minimum Gasteiger partial charge on any atom is -0.393 e. The van der Waals surface area contributed by atoms with E-state index in [9.17, 15) is 5.11 Å². The van der Waals surface area contributed by atoms with Gasteiger partial charge in [0.1, 0.15) is 0 Å². The molecule has 3 nitrogen and oxygen atoms in total. The zero-order valence-electron chi connectivity index (χ0n) is 11.7. The third-order valence-electron chi connectivity index (χ3n) is 4.01. The molecule has 1 aliphatic rings. The Balaban J connectivity index is 2.13. The molecule has 1 heterocycles. The lowest BCUT2D eigenvalue weighted by molar-refractivity contribution is 0.110. The van der Waals surface area contributed by atoms with Gasteiger partial charge in [-0.3, -0.25) is 0 Å². The number of nitrogens with zero attached hydrogens (tertiary/aromatic N) is 1. The van der Waals surface area contributed by atoms with E-state index in [0.29, 0.717) is 5.92 Å². The second-order valence-electron chi connectivity index (χ2n) is 5.33. The average molecular weight is 283 g/mol. The minimum absolute atomic E-state index is 0.196. The van der Waals surface area contributed by atoms with Crippen LogP contribution in [0.3, 0.4) is 0 Å². The van der Waals surface area contributed by atoms with Crippen LogP contribution in [-0.4, -0.2) is 31.3 Å². The van der Waals surface area contributed by atoms with Gasteiger partial charge in [-0.2, -0.15) is 0 Å². The van der Waals surface area contributed by atoms with E-state index >= 15 is 0 Å².